The van der Waals surface area contributed by atoms with Crippen LogP contribution in [0.5, 0.6) is 5.75 Å². The van der Waals surface area contributed by atoms with E-state index in [0.29, 0.717) is 0 Å². The van der Waals surface area contributed by atoms with E-state index in [2.05, 4.69) is 16.0 Å². The van der Waals surface area contributed by atoms with E-state index in [1.807, 2.05) is 20.8 Å². The number of carboxylic acid groups (broad SMARTS) is 1. The average Bonchev–Trinajstić information content (AvgIpc) is 3.22. The van der Waals surface area contributed by atoms with Gasteiger partial charge in [-0.25, -0.2) is 4.79 Å². The van der Waals surface area contributed by atoms with Crippen LogP contribution in [0.15, 0.2) is 36.4 Å². The molecular weight excluding hydrogens is 536 g/mol. The largest absolute Gasteiger partial charge is 0.481 e. The number of aryl methyl sites for hydroxylation is 1. The molecule has 1 aliphatic heterocycles. The number of benzene rings is 1. The highest BCUT2D eigenvalue weighted by Crippen LogP contribution is 2.14. The normalized spacial score (nSPS) is 14.8. The summed E-state index contributed by atoms with van der Waals surface area (Å²) in [6.07, 6.45) is 1.58. The van der Waals surface area contributed by atoms with Crippen molar-refractivity contribution in [3.8, 4) is 5.75 Å². The van der Waals surface area contributed by atoms with Gasteiger partial charge < -0.3 is 25.8 Å². The SMILES string of the molecule is Cc1ccc(OC(=O)[C@H](CCC(=O)O)NC(=O)[C@H](C)NC(=O)[C@@H](CC(C)C)NC(=O)CCN2C(=O)C=CC2=O)cc1. The average molecular weight is 573 g/mol. The molecule has 0 saturated heterocycles. The number of esters is 1. The van der Waals surface area contributed by atoms with E-state index < -0.39 is 66.0 Å². The van der Waals surface area contributed by atoms with Crippen LogP contribution < -0.4 is 20.7 Å². The zero-order valence-corrected chi connectivity index (χ0v) is 23.5. The first-order valence-corrected chi connectivity index (χ1v) is 13.2. The smallest absolute Gasteiger partial charge is 0.334 e. The molecular formula is C28H36N4O9. The standard InChI is InChI=1S/C28H36N4O9/c1-16(2)15-21(30-22(33)13-14-32-23(34)10-11-24(32)35)27(39)29-18(4)26(38)31-20(9-12-25(36)37)28(40)41-19-7-5-17(3)6-8-19/h5-8,10-11,16,18,20-21H,9,12-15H2,1-4H3,(H,29,39)(H,30,33)(H,31,38)(H,36,37)/t18-,20-,21+/m0/s1. The Bertz CT molecular complexity index is 1180. The third-order valence-corrected chi connectivity index (χ3v) is 6.06. The number of carbonyl (C=O) groups excluding carboxylic acids is 6. The Morgan fingerprint density at radius 3 is 2.02 bits per heavy atom. The molecule has 0 fully saturated rings. The highest BCUT2D eigenvalue weighted by molar-refractivity contribution is 6.13. The molecule has 0 radical (unpaired) electrons. The molecule has 41 heavy (non-hydrogen) atoms. The molecule has 0 aliphatic carbocycles. The third-order valence-electron chi connectivity index (χ3n) is 6.06. The summed E-state index contributed by atoms with van der Waals surface area (Å²) < 4.78 is 5.29. The van der Waals surface area contributed by atoms with Crippen molar-refractivity contribution in [1.29, 1.82) is 0 Å². The van der Waals surface area contributed by atoms with Gasteiger partial charge >= 0.3 is 11.9 Å². The van der Waals surface area contributed by atoms with Crippen LogP contribution in [0.4, 0.5) is 0 Å². The van der Waals surface area contributed by atoms with E-state index in [4.69, 9.17) is 9.84 Å². The number of carbonyl (C=O) groups is 7. The summed E-state index contributed by atoms with van der Waals surface area (Å²) in [5.74, 6) is -4.86. The Morgan fingerprint density at radius 1 is 0.854 bits per heavy atom. The number of imide groups is 1. The molecule has 1 aromatic carbocycles. The van der Waals surface area contributed by atoms with Crippen LogP contribution in [0, 0.1) is 12.8 Å². The number of hydrogen-bond acceptors (Lipinski definition) is 8. The minimum Gasteiger partial charge on any atom is -0.481 e. The molecule has 2 rings (SSSR count). The molecule has 222 valence electrons. The van der Waals surface area contributed by atoms with E-state index in [9.17, 15) is 33.6 Å². The molecule has 4 N–H and O–H groups in total. The molecule has 13 nitrogen and oxygen atoms in total. The van der Waals surface area contributed by atoms with Crippen LogP contribution in [-0.4, -0.2) is 76.2 Å². The second kappa shape index (κ2) is 15.3. The van der Waals surface area contributed by atoms with Crippen molar-refractivity contribution in [2.75, 3.05) is 6.54 Å². The molecule has 0 unspecified atom stereocenters. The number of nitrogens with zero attached hydrogens (tertiary/aromatic N) is 1. The second-order valence-corrected chi connectivity index (χ2v) is 10.1. The number of hydrogen-bond donors (Lipinski definition) is 4. The van der Waals surface area contributed by atoms with E-state index in [1.165, 1.54) is 6.92 Å². The summed E-state index contributed by atoms with van der Waals surface area (Å²) >= 11 is 0. The monoisotopic (exact) mass is 572 g/mol. The number of nitrogens with one attached hydrogen (secondary N) is 3. The van der Waals surface area contributed by atoms with Crippen LogP contribution in [0.1, 0.15) is 52.0 Å². The van der Waals surface area contributed by atoms with Crippen molar-refractivity contribution in [2.45, 2.75) is 71.5 Å². The first-order valence-electron chi connectivity index (χ1n) is 13.2. The van der Waals surface area contributed by atoms with E-state index in [1.54, 1.807) is 24.3 Å². The lowest BCUT2D eigenvalue weighted by Crippen LogP contribution is -2.55. The molecule has 5 amide bonds. The first-order chi connectivity index (χ1) is 19.3. The highest BCUT2D eigenvalue weighted by atomic mass is 16.5. The summed E-state index contributed by atoms with van der Waals surface area (Å²) in [6.45, 7) is 6.75. The van der Waals surface area contributed by atoms with E-state index in [0.717, 1.165) is 22.6 Å². The predicted octanol–water partition coefficient (Wildman–Crippen LogP) is 0.601. The summed E-state index contributed by atoms with van der Waals surface area (Å²) in [6, 6.07) is 3.10. The number of ether oxygens (including phenoxy) is 1. The highest BCUT2D eigenvalue weighted by Gasteiger charge is 2.30. The Kier molecular flexibility index (Phi) is 12.2. The van der Waals surface area contributed by atoms with Gasteiger partial charge in [0, 0.05) is 31.5 Å². The maximum absolute atomic E-state index is 13.0. The van der Waals surface area contributed by atoms with Crippen LogP contribution >= 0.6 is 0 Å². The van der Waals surface area contributed by atoms with Gasteiger partial charge in [0.15, 0.2) is 0 Å². The van der Waals surface area contributed by atoms with Gasteiger partial charge in [-0.05, 0) is 44.7 Å². The fourth-order valence-electron chi connectivity index (χ4n) is 3.82. The number of aliphatic carboxylic acids is 1. The van der Waals surface area contributed by atoms with Crippen LogP contribution in [0.2, 0.25) is 0 Å². The predicted molar refractivity (Wildman–Crippen MR) is 145 cm³/mol. The molecule has 0 bridgehead atoms. The molecule has 13 heteroatoms. The maximum atomic E-state index is 13.0. The Morgan fingerprint density at radius 2 is 1.46 bits per heavy atom. The molecule has 0 saturated carbocycles. The topological polar surface area (TPSA) is 188 Å². The summed E-state index contributed by atoms with van der Waals surface area (Å²) in [5, 5.41) is 16.6. The summed E-state index contributed by atoms with van der Waals surface area (Å²) in [5.41, 5.74) is 0.936. The molecule has 0 aromatic heterocycles. The Labute approximate surface area is 237 Å². The lowest BCUT2D eigenvalue weighted by molar-refractivity contribution is -0.142. The fourth-order valence-corrected chi connectivity index (χ4v) is 3.82. The lowest BCUT2D eigenvalue weighted by Gasteiger charge is -2.24. The van der Waals surface area contributed by atoms with Gasteiger partial charge in [-0.15, -0.1) is 0 Å². The van der Waals surface area contributed by atoms with Crippen LogP contribution in [0.3, 0.4) is 0 Å². The maximum Gasteiger partial charge on any atom is 0.334 e. The lowest BCUT2D eigenvalue weighted by atomic mass is 10.0. The zero-order valence-electron chi connectivity index (χ0n) is 23.5. The van der Waals surface area contributed by atoms with Crippen molar-refractivity contribution >= 4 is 41.5 Å². The van der Waals surface area contributed by atoms with Crippen molar-refractivity contribution < 1.29 is 43.4 Å². The van der Waals surface area contributed by atoms with Crippen molar-refractivity contribution in [1.82, 2.24) is 20.9 Å². The van der Waals surface area contributed by atoms with Gasteiger partial charge in [-0.1, -0.05) is 31.5 Å². The van der Waals surface area contributed by atoms with E-state index in [-0.39, 0.29) is 37.5 Å². The number of rotatable bonds is 15. The van der Waals surface area contributed by atoms with Crippen molar-refractivity contribution in [2.24, 2.45) is 5.92 Å². The molecule has 1 aromatic rings. The number of carboxylic acids is 1. The minimum atomic E-state index is -1.30. The third kappa shape index (κ3) is 10.9. The summed E-state index contributed by atoms with van der Waals surface area (Å²) in [4.78, 5) is 86.5. The van der Waals surface area contributed by atoms with Gasteiger partial charge in [0.25, 0.3) is 11.8 Å². The molecule has 3 atom stereocenters. The van der Waals surface area contributed by atoms with Crippen molar-refractivity contribution in [3.63, 3.8) is 0 Å². The first kappa shape index (κ1) is 32.7. The van der Waals surface area contributed by atoms with Gasteiger partial charge in [-0.2, -0.15) is 0 Å². The van der Waals surface area contributed by atoms with Crippen LogP contribution in [0.25, 0.3) is 0 Å². The van der Waals surface area contributed by atoms with Crippen LogP contribution in [-0.2, 0) is 33.6 Å². The van der Waals surface area contributed by atoms with E-state index >= 15 is 0 Å². The summed E-state index contributed by atoms with van der Waals surface area (Å²) in [7, 11) is 0. The Hall–Kier alpha value is -4.55. The van der Waals surface area contributed by atoms with Gasteiger partial charge in [0.1, 0.15) is 23.9 Å². The molecule has 1 heterocycles. The van der Waals surface area contributed by atoms with Gasteiger partial charge in [0.2, 0.25) is 17.7 Å². The Balaban J connectivity index is 1.99. The second-order valence-electron chi connectivity index (χ2n) is 10.1. The van der Waals surface area contributed by atoms with Gasteiger partial charge in [0.05, 0.1) is 0 Å². The molecule has 0 spiro atoms. The number of amides is 5. The minimum absolute atomic E-state index is 0.0157. The quantitative estimate of drug-likeness (QED) is 0.133. The fraction of sp³-hybridized carbons (Fsp3) is 0.464. The van der Waals surface area contributed by atoms with Crippen molar-refractivity contribution in [3.05, 3.63) is 42.0 Å². The zero-order chi connectivity index (χ0) is 30.7. The van der Waals surface area contributed by atoms with Gasteiger partial charge in [-0.3, -0.25) is 33.7 Å². The molecule has 1 aliphatic rings.